The molecule has 0 fully saturated rings. The zero-order valence-corrected chi connectivity index (χ0v) is 16.1. The molecular formula is C24H21N3O2. The van der Waals surface area contributed by atoms with E-state index in [4.69, 9.17) is 4.52 Å². The number of hydrogen-bond donors (Lipinski definition) is 1. The highest BCUT2D eigenvalue weighted by Crippen LogP contribution is 2.25. The predicted octanol–water partition coefficient (Wildman–Crippen LogP) is 4.49. The van der Waals surface area contributed by atoms with Gasteiger partial charge in [0.1, 0.15) is 0 Å². The molecule has 0 aliphatic rings. The van der Waals surface area contributed by atoms with Gasteiger partial charge in [-0.1, -0.05) is 95.6 Å². The molecule has 4 rings (SSSR count). The third-order valence-corrected chi connectivity index (χ3v) is 4.72. The molecule has 0 unspecified atom stereocenters. The predicted molar refractivity (Wildman–Crippen MR) is 111 cm³/mol. The van der Waals surface area contributed by atoms with Gasteiger partial charge in [-0.25, -0.2) is 0 Å². The molecule has 4 aromatic rings. The lowest BCUT2D eigenvalue weighted by Crippen LogP contribution is -2.29. The summed E-state index contributed by atoms with van der Waals surface area (Å²) in [5, 5.41) is 6.95. The molecule has 0 aliphatic heterocycles. The zero-order chi connectivity index (χ0) is 20.1. The van der Waals surface area contributed by atoms with Gasteiger partial charge in [-0.3, -0.25) is 4.79 Å². The molecule has 0 spiro atoms. The fraction of sp³-hybridized carbons (Fsp3) is 0.125. The van der Waals surface area contributed by atoms with Crippen LogP contribution in [0, 0.1) is 6.92 Å². The van der Waals surface area contributed by atoms with Gasteiger partial charge >= 0.3 is 0 Å². The number of amides is 1. The Morgan fingerprint density at radius 2 is 1.48 bits per heavy atom. The molecule has 29 heavy (non-hydrogen) atoms. The van der Waals surface area contributed by atoms with E-state index in [9.17, 15) is 4.79 Å². The summed E-state index contributed by atoms with van der Waals surface area (Å²) in [4.78, 5) is 17.4. The van der Waals surface area contributed by atoms with Gasteiger partial charge in [-0.2, -0.15) is 4.98 Å². The smallest absolute Gasteiger partial charge is 0.246 e. The van der Waals surface area contributed by atoms with E-state index in [1.165, 1.54) is 0 Å². The summed E-state index contributed by atoms with van der Waals surface area (Å²) in [5.41, 5.74) is 3.91. The van der Waals surface area contributed by atoms with Gasteiger partial charge in [0, 0.05) is 5.56 Å². The third kappa shape index (κ3) is 4.41. The maximum Gasteiger partial charge on any atom is 0.246 e. The fourth-order valence-electron chi connectivity index (χ4n) is 3.20. The Morgan fingerprint density at radius 3 is 2.07 bits per heavy atom. The minimum Gasteiger partial charge on any atom is -0.346 e. The summed E-state index contributed by atoms with van der Waals surface area (Å²) in [6.07, 6.45) is 0. The number of aryl methyl sites for hydroxylation is 1. The molecule has 0 radical (unpaired) electrons. The van der Waals surface area contributed by atoms with Gasteiger partial charge in [0.15, 0.2) is 0 Å². The van der Waals surface area contributed by atoms with Crippen LogP contribution in [0.15, 0.2) is 89.5 Å². The van der Waals surface area contributed by atoms with Gasteiger partial charge < -0.3 is 9.84 Å². The van der Waals surface area contributed by atoms with Crippen LogP contribution in [0.3, 0.4) is 0 Å². The third-order valence-electron chi connectivity index (χ3n) is 4.72. The van der Waals surface area contributed by atoms with Crippen molar-refractivity contribution in [3.63, 3.8) is 0 Å². The molecule has 3 aromatic carbocycles. The molecular weight excluding hydrogens is 362 g/mol. The normalized spacial score (nSPS) is 10.8. The topological polar surface area (TPSA) is 68.0 Å². The largest absolute Gasteiger partial charge is 0.346 e. The highest BCUT2D eigenvalue weighted by Gasteiger charge is 2.23. The molecule has 1 heterocycles. The zero-order valence-electron chi connectivity index (χ0n) is 16.1. The van der Waals surface area contributed by atoms with E-state index in [2.05, 4.69) is 15.5 Å². The molecule has 1 aromatic heterocycles. The number of carbonyl (C=O) groups excluding carboxylic acids is 1. The standard InChI is InChI=1S/C24H21N3O2/c1-17-12-14-20(15-13-17)23-26-21(29-27-23)16-25-24(28)22(18-8-4-2-5-9-18)19-10-6-3-7-11-19/h2-15,22H,16H2,1H3,(H,25,28). The second kappa shape index (κ2) is 8.52. The number of nitrogens with zero attached hydrogens (tertiary/aromatic N) is 2. The van der Waals surface area contributed by atoms with Crippen LogP contribution in [-0.4, -0.2) is 16.0 Å². The van der Waals surface area contributed by atoms with Gasteiger partial charge in [0.25, 0.3) is 0 Å². The van der Waals surface area contributed by atoms with Gasteiger partial charge in [0.2, 0.25) is 17.6 Å². The number of aromatic nitrogens is 2. The lowest BCUT2D eigenvalue weighted by Gasteiger charge is -2.17. The summed E-state index contributed by atoms with van der Waals surface area (Å²) in [7, 11) is 0. The summed E-state index contributed by atoms with van der Waals surface area (Å²) in [5.74, 6) is 0.361. The van der Waals surface area contributed by atoms with Crippen molar-refractivity contribution in [1.82, 2.24) is 15.5 Å². The van der Waals surface area contributed by atoms with E-state index < -0.39 is 5.92 Å². The number of hydrogen-bond acceptors (Lipinski definition) is 4. The maximum atomic E-state index is 13.0. The lowest BCUT2D eigenvalue weighted by molar-refractivity contribution is -0.122. The van der Waals surface area contributed by atoms with E-state index in [1.54, 1.807) is 0 Å². The van der Waals surface area contributed by atoms with Crippen molar-refractivity contribution in [1.29, 1.82) is 0 Å². The van der Waals surface area contributed by atoms with Crippen molar-refractivity contribution in [2.75, 3.05) is 0 Å². The van der Waals surface area contributed by atoms with E-state index in [-0.39, 0.29) is 12.5 Å². The molecule has 0 aliphatic carbocycles. The highest BCUT2D eigenvalue weighted by molar-refractivity contribution is 5.87. The molecule has 5 nitrogen and oxygen atoms in total. The summed E-state index contributed by atoms with van der Waals surface area (Å²) >= 11 is 0. The van der Waals surface area contributed by atoms with E-state index in [0.717, 1.165) is 22.3 Å². The quantitative estimate of drug-likeness (QED) is 0.533. The van der Waals surface area contributed by atoms with Crippen molar-refractivity contribution in [3.8, 4) is 11.4 Å². The summed E-state index contributed by atoms with van der Waals surface area (Å²) in [6.45, 7) is 2.20. The molecule has 0 saturated carbocycles. The Labute approximate surface area is 169 Å². The van der Waals surface area contributed by atoms with Crippen LogP contribution >= 0.6 is 0 Å². The SMILES string of the molecule is Cc1ccc(-c2noc(CNC(=O)C(c3ccccc3)c3ccccc3)n2)cc1. The fourth-order valence-corrected chi connectivity index (χ4v) is 3.20. The second-order valence-electron chi connectivity index (χ2n) is 6.85. The Bertz CT molecular complexity index is 1030. The van der Waals surface area contributed by atoms with Crippen LogP contribution in [0.4, 0.5) is 0 Å². The monoisotopic (exact) mass is 383 g/mol. The number of nitrogens with one attached hydrogen (secondary N) is 1. The average molecular weight is 383 g/mol. The number of benzene rings is 3. The minimum absolute atomic E-state index is 0.113. The van der Waals surface area contributed by atoms with Crippen molar-refractivity contribution in [3.05, 3.63) is 108 Å². The summed E-state index contributed by atoms with van der Waals surface area (Å²) in [6, 6.07) is 27.3. The first kappa shape index (κ1) is 18.6. The van der Waals surface area contributed by atoms with E-state index >= 15 is 0 Å². The summed E-state index contributed by atoms with van der Waals surface area (Å²) < 4.78 is 5.32. The number of rotatable bonds is 6. The van der Waals surface area contributed by atoms with Crippen molar-refractivity contribution in [2.45, 2.75) is 19.4 Å². The average Bonchev–Trinajstić information content (AvgIpc) is 3.24. The number of carbonyl (C=O) groups is 1. The molecule has 1 N–H and O–H groups in total. The van der Waals surface area contributed by atoms with Crippen LogP contribution in [0.1, 0.15) is 28.5 Å². The molecule has 144 valence electrons. The van der Waals surface area contributed by atoms with Gasteiger partial charge in [-0.15, -0.1) is 0 Å². The lowest BCUT2D eigenvalue weighted by atomic mass is 9.90. The first-order chi connectivity index (χ1) is 14.2. The van der Waals surface area contributed by atoms with E-state index in [0.29, 0.717) is 11.7 Å². The first-order valence-corrected chi connectivity index (χ1v) is 9.48. The first-order valence-electron chi connectivity index (χ1n) is 9.48. The van der Waals surface area contributed by atoms with Crippen LogP contribution in [0.2, 0.25) is 0 Å². The molecule has 0 saturated heterocycles. The maximum absolute atomic E-state index is 13.0. The molecule has 5 heteroatoms. The minimum atomic E-state index is -0.406. The van der Waals surface area contributed by atoms with Crippen molar-refractivity contribution < 1.29 is 9.32 Å². The second-order valence-corrected chi connectivity index (χ2v) is 6.85. The van der Waals surface area contributed by atoms with Gasteiger partial charge in [0.05, 0.1) is 12.5 Å². The van der Waals surface area contributed by atoms with E-state index in [1.807, 2.05) is 91.9 Å². The Morgan fingerprint density at radius 1 is 0.897 bits per heavy atom. The van der Waals surface area contributed by atoms with Crippen molar-refractivity contribution >= 4 is 5.91 Å². The van der Waals surface area contributed by atoms with Crippen LogP contribution in [0.5, 0.6) is 0 Å². The Balaban J connectivity index is 1.49. The van der Waals surface area contributed by atoms with Crippen molar-refractivity contribution in [2.24, 2.45) is 0 Å². The molecule has 0 atom stereocenters. The molecule has 0 bridgehead atoms. The van der Waals surface area contributed by atoms with Crippen LogP contribution in [0.25, 0.3) is 11.4 Å². The van der Waals surface area contributed by atoms with Crippen LogP contribution in [-0.2, 0) is 11.3 Å². The van der Waals surface area contributed by atoms with Gasteiger partial charge in [-0.05, 0) is 18.1 Å². The van der Waals surface area contributed by atoms with Crippen LogP contribution < -0.4 is 5.32 Å². The molecule has 1 amide bonds. The highest BCUT2D eigenvalue weighted by atomic mass is 16.5. The Kier molecular flexibility index (Phi) is 5.47. The Hall–Kier alpha value is -3.73.